The SMILES string of the molecule is CCCCCCCCOc1ccc([C@@H]2Oc3ccccc3[C@@H]3CC(c4ccccc4)=NN32)cc1. The van der Waals surface area contributed by atoms with E-state index in [4.69, 9.17) is 14.6 Å². The highest BCUT2D eigenvalue weighted by Crippen LogP contribution is 2.47. The molecule has 0 saturated heterocycles. The second-order valence-electron chi connectivity index (χ2n) is 9.21. The van der Waals surface area contributed by atoms with E-state index >= 15 is 0 Å². The quantitative estimate of drug-likeness (QED) is 0.295. The fourth-order valence-electron chi connectivity index (χ4n) is 4.86. The van der Waals surface area contributed by atoms with Crippen LogP contribution in [0, 0.1) is 0 Å². The van der Waals surface area contributed by atoms with Crippen LogP contribution in [0.25, 0.3) is 0 Å². The average Bonchev–Trinajstić information content (AvgIpc) is 3.35. The molecule has 0 fully saturated rings. The van der Waals surface area contributed by atoms with Crippen molar-refractivity contribution in [3.05, 3.63) is 95.6 Å². The van der Waals surface area contributed by atoms with Crippen molar-refractivity contribution >= 4 is 5.71 Å². The molecule has 0 aromatic heterocycles. The van der Waals surface area contributed by atoms with Crippen LogP contribution in [0.15, 0.2) is 84.0 Å². The minimum absolute atomic E-state index is 0.175. The van der Waals surface area contributed by atoms with Crippen molar-refractivity contribution in [3.8, 4) is 11.5 Å². The van der Waals surface area contributed by atoms with Crippen LogP contribution in [0.4, 0.5) is 0 Å². The van der Waals surface area contributed by atoms with Gasteiger partial charge in [0, 0.05) is 17.5 Å². The molecule has 0 aliphatic carbocycles. The van der Waals surface area contributed by atoms with Crippen LogP contribution < -0.4 is 9.47 Å². The first-order valence-electron chi connectivity index (χ1n) is 12.7. The lowest BCUT2D eigenvalue weighted by atomic mass is 9.96. The Bertz CT molecular complexity index is 1090. The third kappa shape index (κ3) is 4.96. The molecule has 0 unspecified atom stereocenters. The summed E-state index contributed by atoms with van der Waals surface area (Å²) in [6.45, 7) is 3.03. The molecule has 5 rings (SSSR count). The van der Waals surface area contributed by atoms with E-state index < -0.39 is 0 Å². The molecule has 2 aliphatic heterocycles. The molecule has 0 radical (unpaired) electrons. The summed E-state index contributed by atoms with van der Waals surface area (Å²) in [7, 11) is 0. The Hall–Kier alpha value is -3.27. The number of para-hydroxylation sites is 1. The fourth-order valence-corrected chi connectivity index (χ4v) is 4.86. The van der Waals surface area contributed by atoms with E-state index in [1.165, 1.54) is 43.2 Å². The van der Waals surface area contributed by atoms with Gasteiger partial charge in [-0.25, -0.2) is 5.01 Å². The Kier molecular flexibility index (Phi) is 7.13. The van der Waals surface area contributed by atoms with Crippen LogP contribution in [0.5, 0.6) is 11.5 Å². The molecular formula is C30H34N2O2. The molecule has 2 aliphatic rings. The molecule has 3 aromatic carbocycles. The second kappa shape index (κ2) is 10.8. The Morgan fingerprint density at radius 2 is 1.59 bits per heavy atom. The van der Waals surface area contributed by atoms with Gasteiger partial charge in [0.15, 0.2) is 0 Å². The zero-order chi connectivity index (χ0) is 23.2. The van der Waals surface area contributed by atoms with Crippen molar-refractivity contribution in [1.82, 2.24) is 5.01 Å². The van der Waals surface area contributed by atoms with Crippen molar-refractivity contribution in [1.29, 1.82) is 0 Å². The number of rotatable bonds is 10. The minimum Gasteiger partial charge on any atom is -0.494 e. The highest BCUT2D eigenvalue weighted by molar-refractivity contribution is 6.01. The smallest absolute Gasteiger partial charge is 0.213 e. The molecule has 0 amide bonds. The summed E-state index contributed by atoms with van der Waals surface area (Å²) in [6.07, 6.45) is 8.24. The highest BCUT2D eigenvalue weighted by atomic mass is 16.5. The van der Waals surface area contributed by atoms with E-state index in [9.17, 15) is 0 Å². The summed E-state index contributed by atoms with van der Waals surface area (Å²) in [5.41, 5.74) is 4.57. The number of unbranched alkanes of at least 4 members (excludes halogenated alkanes) is 5. The number of benzene rings is 3. The summed E-state index contributed by atoms with van der Waals surface area (Å²) in [5, 5.41) is 7.18. The van der Waals surface area contributed by atoms with Gasteiger partial charge in [-0.3, -0.25) is 0 Å². The Labute approximate surface area is 203 Å². The molecule has 3 aromatic rings. The van der Waals surface area contributed by atoms with Crippen LogP contribution in [0.2, 0.25) is 0 Å². The third-order valence-corrected chi connectivity index (χ3v) is 6.74. The lowest BCUT2D eigenvalue weighted by Crippen LogP contribution is -2.33. The number of hydrogen-bond acceptors (Lipinski definition) is 4. The van der Waals surface area contributed by atoms with E-state index in [0.29, 0.717) is 0 Å². The highest BCUT2D eigenvalue weighted by Gasteiger charge is 2.40. The van der Waals surface area contributed by atoms with Crippen molar-refractivity contribution in [2.75, 3.05) is 6.61 Å². The molecule has 34 heavy (non-hydrogen) atoms. The average molecular weight is 455 g/mol. The van der Waals surface area contributed by atoms with Crippen molar-refractivity contribution in [3.63, 3.8) is 0 Å². The van der Waals surface area contributed by atoms with Gasteiger partial charge in [-0.05, 0) is 42.3 Å². The van der Waals surface area contributed by atoms with Gasteiger partial charge in [0.25, 0.3) is 0 Å². The van der Waals surface area contributed by atoms with E-state index in [1.807, 2.05) is 12.1 Å². The van der Waals surface area contributed by atoms with Gasteiger partial charge < -0.3 is 9.47 Å². The maximum Gasteiger partial charge on any atom is 0.213 e. The molecule has 0 saturated carbocycles. The van der Waals surface area contributed by atoms with Crippen LogP contribution in [-0.2, 0) is 0 Å². The van der Waals surface area contributed by atoms with Crippen LogP contribution >= 0.6 is 0 Å². The third-order valence-electron chi connectivity index (χ3n) is 6.74. The van der Waals surface area contributed by atoms with Gasteiger partial charge in [-0.1, -0.05) is 87.6 Å². The Morgan fingerprint density at radius 1 is 0.853 bits per heavy atom. The zero-order valence-corrected chi connectivity index (χ0v) is 20.0. The van der Waals surface area contributed by atoms with Gasteiger partial charge in [0.05, 0.1) is 18.4 Å². The standard InChI is InChI=1S/C30H34N2O2/c1-2-3-4-5-6-12-21-33-25-19-17-24(18-20-25)30-32-28(26-15-10-11-16-29(26)34-30)22-27(31-32)23-13-8-7-9-14-23/h7-11,13-20,28,30H,2-6,12,21-22H2,1H3/t28-,30-/m0/s1. The van der Waals surface area contributed by atoms with Gasteiger partial charge in [0.1, 0.15) is 11.5 Å². The van der Waals surface area contributed by atoms with Gasteiger partial charge in [-0.2, -0.15) is 5.10 Å². The number of ether oxygens (including phenoxy) is 2. The lowest BCUT2D eigenvalue weighted by molar-refractivity contribution is -0.0190. The number of hydrogen-bond donors (Lipinski definition) is 0. The van der Waals surface area contributed by atoms with Gasteiger partial charge in [-0.15, -0.1) is 0 Å². The topological polar surface area (TPSA) is 34.1 Å². The molecule has 0 spiro atoms. The van der Waals surface area contributed by atoms with Crippen molar-refractivity contribution in [2.45, 2.75) is 64.1 Å². The number of hydrazone groups is 1. The summed E-state index contributed by atoms with van der Waals surface area (Å²) >= 11 is 0. The predicted molar refractivity (Wildman–Crippen MR) is 137 cm³/mol. The minimum atomic E-state index is -0.256. The predicted octanol–water partition coefficient (Wildman–Crippen LogP) is 7.67. The first kappa shape index (κ1) is 22.5. The molecule has 4 heteroatoms. The second-order valence-corrected chi connectivity index (χ2v) is 9.21. The molecular weight excluding hydrogens is 420 g/mol. The Balaban J connectivity index is 1.29. The van der Waals surface area contributed by atoms with Crippen molar-refractivity contribution in [2.24, 2.45) is 5.10 Å². The zero-order valence-electron chi connectivity index (χ0n) is 20.0. The lowest BCUT2D eigenvalue weighted by Gasteiger charge is -2.38. The largest absolute Gasteiger partial charge is 0.494 e. The maximum absolute atomic E-state index is 6.48. The molecule has 0 bridgehead atoms. The van der Waals surface area contributed by atoms with Crippen LogP contribution in [-0.4, -0.2) is 17.3 Å². The van der Waals surface area contributed by atoms with E-state index in [2.05, 4.69) is 78.7 Å². The summed E-state index contributed by atoms with van der Waals surface area (Å²) in [5.74, 6) is 1.86. The fraction of sp³-hybridized carbons (Fsp3) is 0.367. The number of fused-ring (bicyclic) bond motifs is 3. The van der Waals surface area contributed by atoms with Gasteiger partial charge in [0.2, 0.25) is 6.23 Å². The van der Waals surface area contributed by atoms with Crippen molar-refractivity contribution < 1.29 is 9.47 Å². The molecule has 0 N–H and O–H groups in total. The summed E-state index contributed by atoms with van der Waals surface area (Å²) < 4.78 is 12.5. The van der Waals surface area contributed by atoms with E-state index in [-0.39, 0.29) is 12.3 Å². The molecule has 2 atom stereocenters. The normalized spacial score (nSPS) is 18.6. The molecule has 2 heterocycles. The summed E-state index contributed by atoms with van der Waals surface area (Å²) in [4.78, 5) is 0. The monoisotopic (exact) mass is 454 g/mol. The number of nitrogens with zero attached hydrogens (tertiary/aromatic N) is 2. The molecule has 4 nitrogen and oxygen atoms in total. The summed E-state index contributed by atoms with van der Waals surface area (Å²) in [6, 6.07) is 27.3. The first-order valence-corrected chi connectivity index (χ1v) is 12.7. The van der Waals surface area contributed by atoms with Gasteiger partial charge >= 0.3 is 0 Å². The van der Waals surface area contributed by atoms with Crippen LogP contribution in [0.3, 0.4) is 0 Å². The maximum atomic E-state index is 6.48. The van der Waals surface area contributed by atoms with Crippen LogP contribution in [0.1, 0.15) is 80.8 Å². The Morgan fingerprint density at radius 3 is 2.41 bits per heavy atom. The molecule has 176 valence electrons. The van der Waals surface area contributed by atoms with E-state index in [1.54, 1.807) is 0 Å². The van der Waals surface area contributed by atoms with E-state index in [0.717, 1.165) is 42.2 Å². The first-order chi connectivity index (χ1) is 16.8.